The number of benzene rings is 1. The lowest BCUT2D eigenvalue weighted by Crippen LogP contribution is -2.28. The van der Waals surface area contributed by atoms with Crippen LogP contribution in [0.15, 0.2) is 12.1 Å². The van der Waals surface area contributed by atoms with Crippen LogP contribution in [0, 0.1) is 16.0 Å². The quantitative estimate of drug-likeness (QED) is 0.667. The highest BCUT2D eigenvalue weighted by molar-refractivity contribution is 6.39. The van der Waals surface area contributed by atoms with Crippen molar-refractivity contribution >= 4 is 40.5 Å². The summed E-state index contributed by atoms with van der Waals surface area (Å²) in [5.41, 5.74) is 0.167. The smallest absolute Gasteiger partial charge is 0.308 e. The predicted octanol–water partition coefficient (Wildman–Crippen LogP) is 3.06. The van der Waals surface area contributed by atoms with E-state index in [1.807, 2.05) is 0 Å². The van der Waals surface area contributed by atoms with Crippen molar-refractivity contribution in [3.8, 4) is 0 Å². The lowest BCUT2D eigenvalue weighted by atomic mass is 10.1. The molecule has 0 aliphatic heterocycles. The zero-order valence-electron chi connectivity index (χ0n) is 10.3. The molecule has 1 atom stereocenters. The summed E-state index contributed by atoms with van der Waals surface area (Å²) >= 11 is 11.9. The monoisotopic (exact) mass is 306 g/mol. The fourth-order valence-corrected chi connectivity index (χ4v) is 2.37. The van der Waals surface area contributed by atoms with E-state index in [4.69, 9.17) is 28.3 Å². The number of anilines is 1. The zero-order valence-corrected chi connectivity index (χ0v) is 11.8. The number of carboxylic acid groups (broad SMARTS) is 1. The van der Waals surface area contributed by atoms with E-state index in [2.05, 4.69) is 0 Å². The van der Waals surface area contributed by atoms with Crippen molar-refractivity contribution in [2.45, 2.75) is 6.92 Å². The Hall–Kier alpha value is -1.53. The molecular weight excluding hydrogens is 295 g/mol. The van der Waals surface area contributed by atoms with E-state index in [0.29, 0.717) is 5.69 Å². The number of hydrogen-bond donors (Lipinski definition) is 1. The Kier molecular flexibility index (Phi) is 4.97. The molecule has 0 saturated heterocycles. The van der Waals surface area contributed by atoms with Crippen LogP contribution in [0.4, 0.5) is 11.4 Å². The zero-order chi connectivity index (χ0) is 14.7. The van der Waals surface area contributed by atoms with Gasteiger partial charge in [0, 0.05) is 25.7 Å². The van der Waals surface area contributed by atoms with Crippen molar-refractivity contribution in [3.63, 3.8) is 0 Å². The number of carbonyl (C=O) groups is 1. The molecule has 0 aliphatic rings. The average Bonchev–Trinajstić information content (AvgIpc) is 2.27. The number of aliphatic carboxylic acids is 1. The van der Waals surface area contributed by atoms with Crippen LogP contribution in [0.5, 0.6) is 0 Å². The largest absolute Gasteiger partial charge is 0.481 e. The molecule has 8 heteroatoms. The number of nitro benzene ring substituents is 1. The van der Waals surface area contributed by atoms with Gasteiger partial charge in [0.1, 0.15) is 0 Å². The van der Waals surface area contributed by atoms with Gasteiger partial charge in [0.25, 0.3) is 5.69 Å². The summed E-state index contributed by atoms with van der Waals surface area (Å²) < 4.78 is 0. The minimum Gasteiger partial charge on any atom is -0.481 e. The maximum absolute atomic E-state index is 10.8. The Morgan fingerprint density at radius 3 is 2.32 bits per heavy atom. The second-order valence-corrected chi connectivity index (χ2v) is 4.95. The Morgan fingerprint density at radius 1 is 1.47 bits per heavy atom. The van der Waals surface area contributed by atoms with E-state index >= 15 is 0 Å². The molecule has 0 amide bonds. The molecule has 0 heterocycles. The van der Waals surface area contributed by atoms with Gasteiger partial charge in [-0.15, -0.1) is 0 Å². The molecule has 19 heavy (non-hydrogen) atoms. The second kappa shape index (κ2) is 6.08. The first-order chi connectivity index (χ1) is 8.73. The van der Waals surface area contributed by atoms with Crippen molar-refractivity contribution in [1.29, 1.82) is 0 Å². The average molecular weight is 307 g/mol. The SMILES string of the molecule is CC(CN(C)c1c(Cl)cc([N+](=O)[O-])cc1Cl)C(=O)O. The topological polar surface area (TPSA) is 83.7 Å². The van der Waals surface area contributed by atoms with Crippen LogP contribution in [0.3, 0.4) is 0 Å². The standard InChI is InChI=1S/C11H12Cl2N2O4/c1-6(11(16)17)5-14(2)10-8(12)3-7(15(18)19)4-9(10)13/h3-4,6H,5H2,1-2H3,(H,16,17). The highest BCUT2D eigenvalue weighted by Crippen LogP contribution is 2.37. The first-order valence-corrected chi connectivity index (χ1v) is 6.07. The lowest BCUT2D eigenvalue weighted by Gasteiger charge is -2.23. The molecular formula is C11H12Cl2N2O4. The number of halogens is 2. The summed E-state index contributed by atoms with van der Waals surface area (Å²) in [6, 6.07) is 2.37. The van der Waals surface area contributed by atoms with Crippen LogP contribution in [0.25, 0.3) is 0 Å². The maximum atomic E-state index is 10.8. The number of carboxylic acids is 1. The van der Waals surface area contributed by atoms with E-state index in [1.54, 1.807) is 18.9 Å². The van der Waals surface area contributed by atoms with Gasteiger partial charge in [-0.2, -0.15) is 0 Å². The van der Waals surface area contributed by atoms with Gasteiger partial charge < -0.3 is 10.0 Å². The van der Waals surface area contributed by atoms with E-state index in [9.17, 15) is 14.9 Å². The van der Waals surface area contributed by atoms with E-state index < -0.39 is 16.8 Å². The van der Waals surface area contributed by atoms with E-state index in [1.165, 1.54) is 12.1 Å². The van der Waals surface area contributed by atoms with Gasteiger partial charge >= 0.3 is 5.97 Å². The third-order valence-electron chi connectivity index (χ3n) is 2.56. The first kappa shape index (κ1) is 15.5. The van der Waals surface area contributed by atoms with Crippen molar-refractivity contribution in [3.05, 3.63) is 32.3 Å². The summed E-state index contributed by atoms with van der Waals surface area (Å²) in [4.78, 5) is 22.4. The number of nitrogens with zero attached hydrogens (tertiary/aromatic N) is 2. The molecule has 0 saturated carbocycles. The summed E-state index contributed by atoms with van der Waals surface area (Å²) in [5.74, 6) is -1.56. The fourth-order valence-electron chi connectivity index (χ4n) is 1.60. The van der Waals surface area contributed by atoms with Crippen molar-refractivity contribution in [1.82, 2.24) is 0 Å². The molecule has 6 nitrogen and oxygen atoms in total. The molecule has 0 aliphatic carbocycles. The van der Waals surface area contributed by atoms with Crippen LogP contribution >= 0.6 is 23.2 Å². The summed E-state index contributed by atoms with van der Waals surface area (Å²) in [6.07, 6.45) is 0. The van der Waals surface area contributed by atoms with Crippen molar-refractivity contribution in [2.24, 2.45) is 5.92 Å². The van der Waals surface area contributed by atoms with E-state index in [0.717, 1.165) is 0 Å². The van der Waals surface area contributed by atoms with Gasteiger partial charge in [0.2, 0.25) is 0 Å². The molecule has 104 valence electrons. The Morgan fingerprint density at radius 2 is 1.95 bits per heavy atom. The van der Waals surface area contributed by atoms with Crippen molar-refractivity contribution in [2.75, 3.05) is 18.5 Å². The van der Waals surface area contributed by atoms with Gasteiger partial charge in [0.15, 0.2) is 0 Å². The molecule has 1 unspecified atom stereocenters. The number of nitro groups is 1. The third-order valence-corrected chi connectivity index (χ3v) is 3.14. The Labute approximate surface area is 119 Å². The van der Waals surface area contributed by atoms with Crippen LogP contribution in [-0.2, 0) is 4.79 Å². The Balaban J connectivity index is 3.07. The van der Waals surface area contributed by atoms with Crippen molar-refractivity contribution < 1.29 is 14.8 Å². The highest BCUT2D eigenvalue weighted by atomic mass is 35.5. The minimum atomic E-state index is -0.944. The number of non-ortho nitro benzene ring substituents is 1. The molecule has 0 spiro atoms. The van der Waals surface area contributed by atoms with E-state index in [-0.39, 0.29) is 22.3 Å². The predicted molar refractivity (Wildman–Crippen MR) is 73.2 cm³/mol. The van der Waals surface area contributed by atoms with Crippen LogP contribution in [0.1, 0.15) is 6.92 Å². The van der Waals surface area contributed by atoms with Gasteiger partial charge in [-0.1, -0.05) is 30.1 Å². The normalized spacial score (nSPS) is 12.0. The summed E-state index contributed by atoms with van der Waals surface area (Å²) in [5, 5.41) is 19.7. The van der Waals surface area contributed by atoms with Gasteiger partial charge in [-0.05, 0) is 0 Å². The summed E-state index contributed by atoms with van der Waals surface area (Å²) in [7, 11) is 1.62. The van der Waals surface area contributed by atoms with Crippen LogP contribution in [0.2, 0.25) is 10.0 Å². The van der Waals surface area contributed by atoms with Crippen LogP contribution < -0.4 is 4.90 Å². The summed E-state index contributed by atoms with van der Waals surface area (Å²) in [6.45, 7) is 1.73. The molecule has 0 aromatic heterocycles. The molecule has 1 N–H and O–H groups in total. The fraction of sp³-hybridized carbons (Fsp3) is 0.364. The Bertz CT molecular complexity index is 498. The molecule has 1 aromatic rings. The first-order valence-electron chi connectivity index (χ1n) is 5.31. The second-order valence-electron chi connectivity index (χ2n) is 4.13. The number of rotatable bonds is 5. The molecule has 0 fully saturated rings. The molecule has 0 bridgehead atoms. The third kappa shape index (κ3) is 3.71. The minimum absolute atomic E-state index is 0.110. The molecule has 1 aromatic carbocycles. The molecule has 1 rings (SSSR count). The van der Waals surface area contributed by atoms with Crippen LogP contribution in [-0.4, -0.2) is 29.6 Å². The van der Waals surface area contributed by atoms with Gasteiger partial charge in [-0.25, -0.2) is 0 Å². The molecule has 0 radical (unpaired) electrons. The highest BCUT2D eigenvalue weighted by Gasteiger charge is 2.20. The lowest BCUT2D eigenvalue weighted by molar-refractivity contribution is -0.384. The number of hydrogen-bond acceptors (Lipinski definition) is 4. The van der Waals surface area contributed by atoms with Gasteiger partial charge in [-0.3, -0.25) is 14.9 Å². The maximum Gasteiger partial charge on any atom is 0.308 e. The van der Waals surface area contributed by atoms with Gasteiger partial charge in [0.05, 0.1) is 26.6 Å².